The Labute approximate surface area is 172 Å². The van der Waals surface area contributed by atoms with Crippen LogP contribution in [0.5, 0.6) is 0 Å². The van der Waals surface area contributed by atoms with Gasteiger partial charge < -0.3 is 8.83 Å². The SMILES string of the molecule is CC(C)(C)c1ccc(-c2nnc(SCc3coc(-c4ccc(F)cc4)n3)o2)cc1. The molecule has 0 N–H and O–H groups in total. The molecule has 2 heterocycles. The minimum absolute atomic E-state index is 0.0960. The van der Waals surface area contributed by atoms with Crippen molar-refractivity contribution in [2.45, 2.75) is 37.2 Å². The number of oxazole rings is 1. The van der Waals surface area contributed by atoms with E-state index in [4.69, 9.17) is 8.83 Å². The molecule has 2 aromatic carbocycles. The third-order valence-electron chi connectivity index (χ3n) is 4.39. The molecule has 0 atom stereocenters. The van der Waals surface area contributed by atoms with Gasteiger partial charge in [0.15, 0.2) is 0 Å². The van der Waals surface area contributed by atoms with Gasteiger partial charge >= 0.3 is 0 Å². The second-order valence-corrected chi connectivity index (χ2v) is 8.57. The van der Waals surface area contributed by atoms with Crippen LogP contribution in [-0.4, -0.2) is 15.2 Å². The van der Waals surface area contributed by atoms with Gasteiger partial charge in [0.2, 0.25) is 11.8 Å². The summed E-state index contributed by atoms with van der Waals surface area (Å²) in [5, 5.41) is 8.70. The van der Waals surface area contributed by atoms with Gasteiger partial charge in [-0.3, -0.25) is 0 Å². The molecule has 148 valence electrons. The second kappa shape index (κ2) is 7.83. The number of nitrogens with zero attached hydrogens (tertiary/aromatic N) is 3. The Morgan fingerprint density at radius 1 is 0.897 bits per heavy atom. The highest BCUT2D eigenvalue weighted by Gasteiger charge is 2.15. The van der Waals surface area contributed by atoms with Gasteiger partial charge in [-0.1, -0.05) is 44.7 Å². The number of rotatable bonds is 5. The summed E-state index contributed by atoms with van der Waals surface area (Å²) in [5.74, 6) is 1.16. The van der Waals surface area contributed by atoms with Gasteiger partial charge in [-0.15, -0.1) is 10.2 Å². The van der Waals surface area contributed by atoms with Crippen LogP contribution in [0.2, 0.25) is 0 Å². The Kier molecular flexibility index (Phi) is 5.24. The molecule has 0 saturated heterocycles. The lowest BCUT2D eigenvalue weighted by atomic mass is 9.87. The van der Waals surface area contributed by atoms with Crippen molar-refractivity contribution in [2.24, 2.45) is 0 Å². The fraction of sp³-hybridized carbons (Fsp3) is 0.227. The highest BCUT2D eigenvalue weighted by atomic mass is 32.2. The van der Waals surface area contributed by atoms with Gasteiger partial charge in [-0.2, -0.15) is 0 Å². The van der Waals surface area contributed by atoms with E-state index in [1.807, 2.05) is 12.1 Å². The normalized spacial score (nSPS) is 11.7. The van der Waals surface area contributed by atoms with E-state index in [0.717, 1.165) is 16.8 Å². The number of aromatic nitrogens is 3. The van der Waals surface area contributed by atoms with Crippen molar-refractivity contribution in [1.82, 2.24) is 15.2 Å². The van der Waals surface area contributed by atoms with Crippen LogP contribution in [0.15, 0.2) is 68.9 Å². The van der Waals surface area contributed by atoms with Crippen molar-refractivity contribution in [3.8, 4) is 22.9 Å². The van der Waals surface area contributed by atoms with E-state index in [9.17, 15) is 4.39 Å². The first-order chi connectivity index (χ1) is 13.9. The van der Waals surface area contributed by atoms with E-state index >= 15 is 0 Å². The van der Waals surface area contributed by atoms with Crippen LogP contribution in [0.25, 0.3) is 22.9 Å². The molecule has 0 fully saturated rings. The molecule has 0 spiro atoms. The first-order valence-corrected chi connectivity index (χ1v) is 10.1. The monoisotopic (exact) mass is 409 g/mol. The highest BCUT2D eigenvalue weighted by molar-refractivity contribution is 7.98. The number of hydrogen-bond acceptors (Lipinski definition) is 6. The summed E-state index contributed by atoms with van der Waals surface area (Å²) in [4.78, 5) is 4.42. The number of hydrogen-bond donors (Lipinski definition) is 0. The van der Waals surface area contributed by atoms with Crippen LogP contribution < -0.4 is 0 Å². The van der Waals surface area contributed by atoms with Crippen molar-refractivity contribution in [3.05, 3.63) is 71.9 Å². The Bertz CT molecular complexity index is 1100. The molecule has 4 rings (SSSR count). The molecule has 5 nitrogen and oxygen atoms in total. The van der Waals surface area contributed by atoms with Crippen LogP contribution >= 0.6 is 11.8 Å². The van der Waals surface area contributed by atoms with Gasteiger partial charge in [-0.05, 0) is 47.4 Å². The number of benzene rings is 2. The fourth-order valence-corrected chi connectivity index (χ4v) is 3.37. The number of thioether (sulfide) groups is 1. The first kappa shape index (κ1) is 19.4. The quantitative estimate of drug-likeness (QED) is 0.370. The van der Waals surface area contributed by atoms with Crippen LogP contribution in [0.4, 0.5) is 4.39 Å². The maximum atomic E-state index is 13.0. The van der Waals surface area contributed by atoms with Crippen LogP contribution in [0.1, 0.15) is 32.0 Å². The van der Waals surface area contributed by atoms with Crippen molar-refractivity contribution in [2.75, 3.05) is 0 Å². The maximum absolute atomic E-state index is 13.0. The fourth-order valence-electron chi connectivity index (χ4n) is 2.73. The molecule has 0 aliphatic carbocycles. The van der Waals surface area contributed by atoms with Crippen molar-refractivity contribution < 1.29 is 13.2 Å². The predicted molar refractivity (Wildman–Crippen MR) is 110 cm³/mol. The Hall–Kier alpha value is -2.93. The van der Waals surface area contributed by atoms with Crippen LogP contribution in [0, 0.1) is 5.82 Å². The molecule has 0 radical (unpaired) electrons. The van der Waals surface area contributed by atoms with Gasteiger partial charge in [0, 0.05) is 16.9 Å². The summed E-state index contributed by atoms with van der Waals surface area (Å²) in [6, 6.07) is 14.2. The Balaban J connectivity index is 1.40. The average Bonchev–Trinajstić information content (AvgIpc) is 3.36. The van der Waals surface area contributed by atoms with Gasteiger partial charge in [-0.25, -0.2) is 9.37 Å². The largest absolute Gasteiger partial charge is 0.444 e. The van der Waals surface area contributed by atoms with E-state index in [1.165, 1.54) is 29.5 Å². The summed E-state index contributed by atoms with van der Waals surface area (Å²) < 4.78 is 24.3. The minimum Gasteiger partial charge on any atom is -0.444 e. The predicted octanol–water partition coefficient (Wildman–Crippen LogP) is 6.12. The molecule has 0 saturated carbocycles. The van der Waals surface area contributed by atoms with E-state index < -0.39 is 0 Å². The highest BCUT2D eigenvalue weighted by Crippen LogP contribution is 2.29. The van der Waals surface area contributed by atoms with E-state index in [1.54, 1.807) is 18.4 Å². The molecule has 0 aliphatic heterocycles. The molecule has 7 heteroatoms. The summed E-state index contributed by atoms with van der Waals surface area (Å²) >= 11 is 1.38. The smallest absolute Gasteiger partial charge is 0.277 e. The summed E-state index contributed by atoms with van der Waals surface area (Å²) in [5.41, 5.74) is 3.69. The van der Waals surface area contributed by atoms with E-state index in [2.05, 4.69) is 48.1 Å². The average molecular weight is 409 g/mol. The van der Waals surface area contributed by atoms with E-state index in [0.29, 0.717) is 22.8 Å². The van der Waals surface area contributed by atoms with Gasteiger partial charge in [0.1, 0.15) is 12.1 Å². The van der Waals surface area contributed by atoms with Crippen molar-refractivity contribution >= 4 is 11.8 Å². The third-order valence-corrected chi connectivity index (χ3v) is 5.24. The second-order valence-electron chi connectivity index (χ2n) is 7.64. The molecule has 0 unspecified atom stereocenters. The standard InChI is InChI=1S/C22H20FN3O2S/c1-22(2,3)16-8-4-15(5-9-16)20-25-26-21(28-20)29-13-18-12-27-19(24-18)14-6-10-17(23)11-7-14/h4-12H,13H2,1-3H3. The molecular weight excluding hydrogens is 389 g/mol. The molecule has 0 amide bonds. The first-order valence-electron chi connectivity index (χ1n) is 9.16. The molecule has 0 aliphatic rings. The van der Waals surface area contributed by atoms with Crippen LogP contribution in [0.3, 0.4) is 0 Å². The molecule has 0 bridgehead atoms. The third kappa shape index (κ3) is 4.56. The zero-order valence-corrected chi connectivity index (χ0v) is 17.2. The maximum Gasteiger partial charge on any atom is 0.277 e. The van der Waals surface area contributed by atoms with Gasteiger partial charge in [0.05, 0.1) is 5.69 Å². The zero-order chi connectivity index (χ0) is 20.4. The minimum atomic E-state index is -0.295. The van der Waals surface area contributed by atoms with Crippen LogP contribution in [-0.2, 0) is 11.2 Å². The topological polar surface area (TPSA) is 65.0 Å². The summed E-state index contributed by atoms with van der Waals surface area (Å²) in [7, 11) is 0. The number of halogens is 1. The summed E-state index contributed by atoms with van der Waals surface area (Å²) in [6.07, 6.45) is 1.58. The lowest BCUT2D eigenvalue weighted by molar-refractivity contribution is 0.465. The van der Waals surface area contributed by atoms with Crippen molar-refractivity contribution in [3.63, 3.8) is 0 Å². The van der Waals surface area contributed by atoms with Gasteiger partial charge in [0.25, 0.3) is 5.22 Å². The lowest BCUT2D eigenvalue weighted by Crippen LogP contribution is -2.10. The Morgan fingerprint density at radius 2 is 1.55 bits per heavy atom. The lowest BCUT2D eigenvalue weighted by Gasteiger charge is -2.18. The Morgan fingerprint density at radius 3 is 2.24 bits per heavy atom. The van der Waals surface area contributed by atoms with E-state index in [-0.39, 0.29) is 11.2 Å². The molecule has 29 heavy (non-hydrogen) atoms. The molecule has 2 aromatic heterocycles. The molecular formula is C22H20FN3O2S. The van der Waals surface area contributed by atoms with Crippen molar-refractivity contribution in [1.29, 1.82) is 0 Å². The molecule has 4 aromatic rings. The zero-order valence-electron chi connectivity index (χ0n) is 16.3. The summed E-state index contributed by atoms with van der Waals surface area (Å²) in [6.45, 7) is 6.53.